The van der Waals surface area contributed by atoms with Crippen LogP contribution in [0.15, 0.2) is 24.3 Å². The third-order valence-electron chi connectivity index (χ3n) is 4.00. The summed E-state index contributed by atoms with van der Waals surface area (Å²) in [5.41, 5.74) is 4.45. The number of benzene rings is 1. The van der Waals surface area contributed by atoms with Gasteiger partial charge in [0, 0.05) is 17.9 Å². The first-order valence-electron chi connectivity index (χ1n) is 8.48. The highest BCUT2D eigenvalue weighted by atomic mass is 16.1. The van der Waals surface area contributed by atoms with Crippen LogP contribution in [0.4, 0.5) is 11.6 Å². The van der Waals surface area contributed by atoms with Gasteiger partial charge in [0.05, 0.1) is 0 Å². The fraction of sp³-hybridized carbons (Fsp3) is 0.421. The molecule has 0 unspecified atom stereocenters. The second-order valence-corrected chi connectivity index (χ2v) is 6.05. The zero-order valence-electron chi connectivity index (χ0n) is 14.9. The summed E-state index contributed by atoms with van der Waals surface area (Å²) in [6, 6.07) is 7.75. The molecule has 0 atom stereocenters. The van der Waals surface area contributed by atoms with E-state index in [1.807, 2.05) is 19.1 Å². The van der Waals surface area contributed by atoms with Crippen LogP contribution in [0, 0.1) is 20.8 Å². The van der Waals surface area contributed by atoms with E-state index in [0.717, 1.165) is 36.2 Å². The number of carbonyl (C=O) groups is 1. The van der Waals surface area contributed by atoms with Crippen LogP contribution in [-0.4, -0.2) is 22.4 Å². The molecule has 0 bridgehead atoms. The smallest absolute Gasteiger partial charge is 0.270 e. The summed E-state index contributed by atoms with van der Waals surface area (Å²) in [5.74, 6) is 0.294. The molecule has 0 saturated heterocycles. The van der Waals surface area contributed by atoms with E-state index >= 15 is 0 Å². The number of amides is 1. The number of nitrogens with zero attached hydrogens (tertiary/aromatic N) is 2. The molecule has 24 heavy (non-hydrogen) atoms. The van der Waals surface area contributed by atoms with E-state index in [1.54, 1.807) is 6.07 Å². The molecule has 128 valence electrons. The summed E-state index contributed by atoms with van der Waals surface area (Å²) in [4.78, 5) is 21.0. The van der Waals surface area contributed by atoms with Crippen molar-refractivity contribution in [2.75, 3.05) is 11.9 Å². The first-order chi connectivity index (χ1) is 11.5. The molecule has 1 heterocycles. The van der Waals surface area contributed by atoms with E-state index in [-0.39, 0.29) is 5.91 Å². The van der Waals surface area contributed by atoms with E-state index in [1.165, 1.54) is 5.56 Å². The Morgan fingerprint density at radius 3 is 2.67 bits per heavy atom. The van der Waals surface area contributed by atoms with Crippen LogP contribution in [0.2, 0.25) is 0 Å². The summed E-state index contributed by atoms with van der Waals surface area (Å²) >= 11 is 0. The summed E-state index contributed by atoms with van der Waals surface area (Å²) in [6.45, 7) is 8.79. The van der Waals surface area contributed by atoms with Crippen molar-refractivity contribution in [3.8, 4) is 0 Å². The van der Waals surface area contributed by atoms with Gasteiger partial charge in [0.15, 0.2) is 0 Å². The molecule has 2 rings (SSSR count). The highest BCUT2D eigenvalue weighted by molar-refractivity contribution is 5.92. The van der Waals surface area contributed by atoms with Crippen molar-refractivity contribution in [3.05, 3.63) is 46.8 Å². The number of nitrogens with one attached hydrogen (secondary N) is 2. The van der Waals surface area contributed by atoms with Gasteiger partial charge in [-0.15, -0.1) is 0 Å². The number of aromatic nitrogens is 2. The van der Waals surface area contributed by atoms with Gasteiger partial charge < -0.3 is 10.6 Å². The Hall–Kier alpha value is -2.43. The Kier molecular flexibility index (Phi) is 6.29. The molecule has 5 heteroatoms. The van der Waals surface area contributed by atoms with Crippen molar-refractivity contribution in [1.82, 2.24) is 15.3 Å². The van der Waals surface area contributed by atoms with Crippen LogP contribution in [0.25, 0.3) is 0 Å². The molecular formula is C19H26N4O. The quantitative estimate of drug-likeness (QED) is 0.753. The van der Waals surface area contributed by atoms with Gasteiger partial charge in [-0.3, -0.25) is 4.79 Å². The molecular weight excluding hydrogens is 300 g/mol. The fourth-order valence-electron chi connectivity index (χ4n) is 2.42. The van der Waals surface area contributed by atoms with Crippen LogP contribution in [0.3, 0.4) is 0 Å². The third-order valence-corrected chi connectivity index (χ3v) is 4.00. The number of aryl methyl sites for hydroxylation is 2. The second kappa shape index (κ2) is 8.43. The average Bonchev–Trinajstić information content (AvgIpc) is 2.55. The van der Waals surface area contributed by atoms with Crippen LogP contribution in [0.5, 0.6) is 0 Å². The SMILES string of the molecule is CCCCCNC(=O)c1cc(C)nc(Nc2cccc(C)c2C)n1. The number of carbonyl (C=O) groups excluding carboxylic acids is 1. The van der Waals surface area contributed by atoms with Gasteiger partial charge in [-0.2, -0.15) is 0 Å². The Morgan fingerprint density at radius 2 is 1.92 bits per heavy atom. The highest BCUT2D eigenvalue weighted by Gasteiger charge is 2.11. The lowest BCUT2D eigenvalue weighted by atomic mass is 10.1. The van der Waals surface area contributed by atoms with Gasteiger partial charge in [0.25, 0.3) is 5.91 Å². The number of hydrogen-bond donors (Lipinski definition) is 2. The number of anilines is 2. The summed E-state index contributed by atoms with van der Waals surface area (Å²) in [6.07, 6.45) is 3.23. The summed E-state index contributed by atoms with van der Waals surface area (Å²) in [7, 11) is 0. The molecule has 1 aromatic carbocycles. The predicted octanol–water partition coefficient (Wildman–Crippen LogP) is 4.07. The lowest BCUT2D eigenvalue weighted by molar-refractivity contribution is 0.0948. The summed E-state index contributed by atoms with van der Waals surface area (Å²) in [5, 5.41) is 6.14. The van der Waals surface area contributed by atoms with Crippen molar-refractivity contribution in [1.29, 1.82) is 0 Å². The van der Waals surface area contributed by atoms with E-state index in [0.29, 0.717) is 18.2 Å². The van der Waals surface area contributed by atoms with E-state index in [2.05, 4.69) is 47.4 Å². The molecule has 5 nitrogen and oxygen atoms in total. The van der Waals surface area contributed by atoms with E-state index in [4.69, 9.17) is 0 Å². The molecule has 0 spiro atoms. The standard InChI is InChI=1S/C19H26N4O/c1-5-6-7-11-20-18(24)17-12-14(3)21-19(23-17)22-16-10-8-9-13(2)15(16)4/h8-10,12H,5-7,11H2,1-4H3,(H,20,24)(H,21,22,23). The van der Waals surface area contributed by atoms with Crippen LogP contribution in [-0.2, 0) is 0 Å². The van der Waals surface area contributed by atoms with Crippen molar-refractivity contribution in [3.63, 3.8) is 0 Å². The molecule has 2 aromatic rings. The molecule has 0 fully saturated rings. The van der Waals surface area contributed by atoms with Gasteiger partial charge in [0.2, 0.25) is 5.95 Å². The predicted molar refractivity (Wildman–Crippen MR) is 97.8 cm³/mol. The van der Waals surface area contributed by atoms with Crippen molar-refractivity contribution in [2.45, 2.75) is 47.0 Å². The monoisotopic (exact) mass is 326 g/mol. The van der Waals surface area contributed by atoms with Crippen molar-refractivity contribution < 1.29 is 4.79 Å². The minimum absolute atomic E-state index is 0.152. The molecule has 0 radical (unpaired) electrons. The maximum Gasteiger partial charge on any atom is 0.270 e. The van der Waals surface area contributed by atoms with Gasteiger partial charge in [-0.05, 0) is 50.5 Å². The van der Waals surface area contributed by atoms with E-state index < -0.39 is 0 Å². The lowest BCUT2D eigenvalue weighted by Gasteiger charge is -2.12. The van der Waals surface area contributed by atoms with Crippen molar-refractivity contribution >= 4 is 17.5 Å². The molecule has 1 amide bonds. The van der Waals surface area contributed by atoms with Gasteiger partial charge >= 0.3 is 0 Å². The molecule has 1 aromatic heterocycles. The molecule has 0 aliphatic heterocycles. The molecule has 2 N–H and O–H groups in total. The highest BCUT2D eigenvalue weighted by Crippen LogP contribution is 2.21. The second-order valence-electron chi connectivity index (χ2n) is 6.05. The lowest BCUT2D eigenvalue weighted by Crippen LogP contribution is -2.26. The van der Waals surface area contributed by atoms with Crippen LogP contribution < -0.4 is 10.6 Å². The van der Waals surface area contributed by atoms with Crippen molar-refractivity contribution in [2.24, 2.45) is 0 Å². The number of rotatable bonds is 7. The maximum absolute atomic E-state index is 12.3. The maximum atomic E-state index is 12.3. The van der Waals surface area contributed by atoms with Gasteiger partial charge in [0.1, 0.15) is 5.69 Å². The van der Waals surface area contributed by atoms with Gasteiger partial charge in [-0.1, -0.05) is 31.9 Å². The molecule has 0 saturated carbocycles. The Labute approximate surface area is 143 Å². The normalized spacial score (nSPS) is 10.5. The van der Waals surface area contributed by atoms with Gasteiger partial charge in [-0.25, -0.2) is 9.97 Å². The Balaban J connectivity index is 2.13. The topological polar surface area (TPSA) is 66.9 Å². The molecule has 0 aliphatic rings. The molecule has 0 aliphatic carbocycles. The Morgan fingerprint density at radius 1 is 1.12 bits per heavy atom. The average molecular weight is 326 g/mol. The number of unbranched alkanes of at least 4 members (excludes halogenated alkanes) is 2. The van der Waals surface area contributed by atoms with Crippen LogP contribution >= 0.6 is 0 Å². The minimum atomic E-state index is -0.152. The van der Waals surface area contributed by atoms with Crippen LogP contribution in [0.1, 0.15) is 53.5 Å². The number of hydrogen-bond acceptors (Lipinski definition) is 4. The van der Waals surface area contributed by atoms with E-state index in [9.17, 15) is 4.79 Å². The largest absolute Gasteiger partial charge is 0.351 e. The first kappa shape index (κ1) is 17.9. The fourth-order valence-corrected chi connectivity index (χ4v) is 2.42. The Bertz CT molecular complexity index is 713. The zero-order chi connectivity index (χ0) is 17.5. The first-order valence-corrected chi connectivity index (χ1v) is 8.48. The third kappa shape index (κ3) is 4.78. The minimum Gasteiger partial charge on any atom is -0.351 e. The zero-order valence-corrected chi connectivity index (χ0v) is 14.9. The summed E-state index contributed by atoms with van der Waals surface area (Å²) < 4.78 is 0.